The molecule has 76 valence electrons. The maximum absolute atomic E-state index is 10.9. The van der Waals surface area contributed by atoms with Gasteiger partial charge >= 0.3 is 0 Å². The van der Waals surface area contributed by atoms with Crippen molar-refractivity contribution >= 4 is 17.9 Å². The SMILES string of the molecule is O=Cc1ccc(C2=NNC(=O)CC2)cc1. The van der Waals surface area contributed by atoms with Crippen LogP contribution in [0.25, 0.3) is 0 Å². The van der Waals surface area contributed by atoms with E-state index in [2.05, 4.69) is 10.5 Å². The summed E-state index contributed by atoms with van der Waals surface area (Å²) in [6, 6.07) is 7.14. The lowest BCUT2D eigenvalue weighted by Crippen LogP contribution is -2.25. The van der Waals surface area contributed by atoms with E-state index in [0.717, 1.165) is 17.6 Å². The van der Waals surface area contributed by atoms with Gasteiger partial charge in [0.25, 0.3) is 0 Å². The van der Waals surface area contributed by atoms with Crippen molar-refractivity contribution < 1.29 is 9.59 Å². The Morgan fingerprint density at radius 3 is 2.47 bits per heavy atom. The Kier molecular flexibility index (Phi) is 2.58. The van der Waals surface area contributed by atoms with Gasteiger partial charge in [0, 0.05) is 18.4 Å². The zero-order valence-electron chi connectivity index (χ0n) is 8.06. The third-order valence-electron chi connectivity index (χ3n) is 2.28. The van der Waals surface area contributed by atoms with Crippen molar-refractivity contribution in [3.8, 4) is 0 Å². The van der Waals surface area contributed by atoms with Gasteiger partial charge in [-0.05, 0) is 5.56 Å². The molecular weight excluding hydrogens is 192 g/mol. The largest absolute Gasteiger partial charge is 0.298 e. The molecule has 1 aromatic carbocycles. The van der Waals surface area contributed by atoms with Crippen molar-refractivity contribution in [2.45, 2.75) is 12.8 Å². The van der Waals surface area contributed by atoms with Crippen LogP contribution in [0.4, 0.5) is 0 Å². The van der Waals surface area contributed by atoms with Crippen molar-refractivity contribution in [2.75, 3.05) is 0 Å². The Morgan fingerprint density at radius 2 is 1.93 bits per heavy atom. The summed E-state index contributed by atoms with van der Waals surface area (Å²) in [6.07, 6.45) is 1.91. The number of hydrogen-bond donors (Lipinski definition) is 1. The topological polar surface area (TPSA) is 58.5 Å². The first kappa shape index (κ1) is 9.58. The van der Waals surface area contributed by atoms with Crippen LogP contribution in [0.3, 0.4) is 0 Å². The number of amides is 1. The van der Waals surface area contributed by atoms with E-state index < -0.39 is 0 Å². The lowest BCUT2D eigenvalue weighted by molar-refractivity contribution is -0.121. The van der Waals surface area contributed by atoms with E-state index >= 15 is 0 Å². The van der Waals surface area contributed by atoms with Gasteiger partial charge in [-0.2, -0.15) is 5.10 Å². The predicted octanol–water partition coefficient (Wildman–Crippen LogP) is 1.11. The molecule has 1 amide bonds. The van der Waals surface area contributed by atoms with Gasteiger partial charge in [0.15, 0.2) is 0 Å². The van der Waals surface area contributed by atoms with Gasteiger partial charge in [-0.15, -0.1) is 0 Å². The molecule has 1 aliphatic rings. The highest BCUT2D eigenvalue weighted by atomic mass is 16.2. The van der Waals surface area contributed by atoms with E-state index in [1.165, 1.54) is 0 Å². The van der Waals surface area contributed by atoms with E-state index in [1.807, 2.05) is 12.1 Å². The fourth-order valence-electron chi connectivity index (χ4n) is 1.44. The molecular formula is C11H10N2O2. The molecule has 0 unspecified atom stereocenters. The highest BCUT2D eigenvalue weighted by molar-refractivity contribution is 6.04. The minimum absolute atomic E-state index is 0.0525. The first-order valence-electron chi connectivity index (χ1n) is 4.70. The fourth-order valence-corrected chi connectivity index (χ4v) is 1.44. The molecule has 0 saturated carbocycles. The molecule has 0 aliphatic carbocycles. The number of hydrazone groups is 1. The van der Waals surface area contributed by atoms with Crippen molar-refractivity contribution in [2.24, 2.45) is 5.10 Å². The monoisotopic (exact) mass is 202 g/mol. The van der Waals surface area contributed by atoms with Crippen molar-refractivity contribution in [1.29, 1.82) is 0 Å². The molecule has 0 bridgehead atoms. The van der Waals surface area contributed by atoms with Gasteiger partial charge in [0.05, 0.1) is 5.71 Å². The molecule has 15 heavy (non-hydrogen) atoms. The van der Waals surface area contributed by atoms with Gasteiger partial charge in [-0.1, -0.05) is 24.3 Å². The van der Waals surface area contributed by atoms with Gasteiger partial charge < -0.3 is 0 Å². The average molecular weight is 202 g/mol. The minimum atomic E-state index is -0.0525. The molecule has 0 spiro atoms. The zero-order chi connectivity index (χ0) is 10.7. The molecule has 4 nitrogen and oxygen atoms in total. The summed E-state index contributed by atoms with van der Waals surface area (Å²) < 4.78 is 0. The van der Waals surface area contributed by atoms with Crippen LogP contribution in [0.1, 0.15) is 28.8 Å². The zero-order valence-corrected chi connectivity index (χ0v) is 8.06. The number of nitrogens with one attached hydrogen (secondary N) is 1. The third-order valence-corrected chi connectivity index (χ3v) is 2.28. The maximum atomic E-state index is 10.9. The molecule has 4 heteroatoms. The molecule has 1 N–H and O–H groups in total. The quantitative estimate of drug-likeness (QED) is 0.730. The number of nitrogens with zero attached hydrogens (tertiary/aromatic N) is 1. The van der Waals surface area contributed by atoms with Crippen molar-refractivity contribution in [3.63, 3.8) is 0 Å². The Bertz CT molecular complexity index is 421. The maximum Gasteiger partial charge on any atom is 0.240 e. The first-order chi connectivity index (χ1) is 7.29. The predicted molar refractivity (Wildman–Crippen MR) is 55.7 cm³/mol. The third kappa shape index (κ3) is 2.10. The smallest absolute Gasteiger partial charge is 0.240 e. The minimum Gasteiger partial charge on any atom is -0.298 e. The van der Waals surface area contributed by atoms with Gasteiger partial charge in [0.2, 0.25) is 5.91 Å². The van der Waals surface area contributed by atoms with Crippen molar-refractivity contribution in [1.82, 2.24) is 5.43 Å². The standard InChI is InChI=1S/C11H10N2O2/c14-7-8-1-3-9(4-2-8)10-5-6-11(15)13-12-10/h1-4,7H,5-6H2,(H,13,15). The normalized spacial score (nSPS) is 15.5. The summed E-state index contributed by atoms with van der Waals surface area (Å²) in [6.45, 7) is 0. The van der Waals surface area contributed by atoms with Gasteiger partial charge in [0.1, 0.15) is 6.29 Å². The Hall–Kier alpha value is -1.97. The molecule has 0 saturated heterocycles. The fraction of sp³-hybridized carbons (Fsp3) is 0.182. The van der Waals surface area contributed by atoms with Crippen LogP contribution in [-0.2, 0) is 4.79 Å². The van der Waals surface area contributed by atoms with Crippen LogP contribution in [0.15, 0.2) is 29.4 Å². The number of carbonyl (C=O) groups excluding carboxylic acids is 2. The average Bonchev–Trinajstić information content (AvgIpc) is 2.30. The first-order valence-corrected chi connectivity index (χ1v) is 4.70. The van der Waals surface area contributed by atoms with E-state index in [1.54, 1.807) is 12.1 Å². The second-order valence-corrected chi connectivity index (χ2v) is 3.33. The van der Waals surface area contributed by atoms with Crippen LogP contribution in [0.2, 0.25) is 0 Å². The van der Waals surface area contributed by atoms with Gasteiger partial charge in [-0.25, -0.2) is 5.43 Å². The molecule has 2 rings (SSSR count). The number of hydrogen-bond acceptors (Lipinski definition) is 3. The van der Waals surface area contributed by atoms with Crippen LogP contribution in [0.5, 0.6) is 0 Å². The molecule has 0 fully saturated rings. The summed E-state index contributed by atoms with van der Waals surface area (Å²) in [5.74, 6) is -0.0525. The number of rotatable bonds is 2. The van der Waals surface area contributed by atoms with E-state index in [-0.39, 0.29) is 5.91 Å². The lowest BCUT2D eigenvalue weighted by Gasteiger charge is -2.11. The highest BCUT2D eigenvalue weighted by Crippen LogP contribution is 2.10. The number of carbonyl (C=O) groups is 2. The Balaban J connectivity index is 2.22. The van der Waals surface area contributed by atoms with Crippen molar-refractivity contribution in [3.05, 3.63) is 35.4 Å². The van der Waals surface area contributed by atoms with Crippen LogP contribution in [0, 0.1) is 0 Å². The molecule has 1 aliphatic heterocycles. The second kappa shape index (κ2) is 4.04. The lowest BCUT2D eigenvalue weighted by atomic mass is 10.0. The highest BCUT2D eigenvalue weighted by Gasteiger charge is 2.12. The van der Waals surface area contributed by atoms with E-state index in [4.69, 9.17) is 0 Å². The summed E-state index contributed by atoms with van der Waals surface area (Å²) in [5, 5.41) is 3.96. The molecule has 1 heterocycles. The number of benzene rings is 1. The van der Waals surface area contributed by atoms with E-state index in [9.17, 15) is 9.59 Å². The molecule has 0 radical (unpaired) electrons. The van der Waals surface area contributed by atoms with Crippen LogP contribution < -0.4 is 5.43 Å². The Labute approximate surface area is 87.0 Å². The van der Waals surface area contributed by atoms with E-state index in [0.29, 0.717) is 18.4 Å². The molecule has 0 atom stereocenters. The van der Waals surface area contributed by atoms with Crippen LogP contribution >= 0.6 is 0 Å². The summed E-state index contributed by atoms with van der Waals surface area (Å²) >= 11 is 0. The summed E-state index contributed by atoms with van der Waals surface area (Å²) in [7, 11) is 0. The second-order valence-electron chi connectivity index (χ2n) is 3.33. The van der Waals surface area contributed by atoms with Crippen LogP contribution in [-0.4, -0.2) is 17.9 Å². The molecule has 0 aromatic heterocycles. The summed E-state index contributed by atoms with van der Waals surface area (Å²) in [4.78, 5) is 21.3. The summed E-state index contributed by atoms with van der Waals surface area (Å²) in [5.41, 5.74) is 4.88. The Morgan fingerprint density at radius 1 is 1.20 bits per heavy atom. The number of aldehydes is 1. The van der Waals surface area contributed by atoms with Gasteiger partial charge in [-0.3, -0.25) is 9.59 Å². The molecule has 1 aromatic rings.